The highest BCUT2D eigenvalue weighted by atomic mass is 32.1. The molecule has 4 heterocycles. The van der Waals surface area contributed by atoms with Gasteiger partial charge in [-0.15, -0.1) is 10.1 Å². The monoisotopic (exact) mass is 924 g/mol. The van der Waals surface area contributed by atoms with Gasteiger partial charge in [-0.3, -0.25) is 24.0 Å². The molecule has 63 heavy (non-hydrogen) atoms. The lowest BCUT2D eigenvalue weighted by molar-refractivity contribution is -0.192. The largest absolute Gasteiger partial charge is 0.460 e. The van der Waals surface area contributed by atoms with Crippen LogP contribution in [0.5, 0.6) is 0 Å². The summed E-state index contributed by atoms with van der Waals surface area (Å²) in [5.41, 5.74) is 7.16. The first-order chi connectivity index (χ1) is 28.7. The predicted octanol–water partition coefficient (Wildman–Crippen LogP) is 4.26. The van der Waals surface area contributed by atoms with Crippen molar-refractivity contribution in [3.63, 3.8) is 0 Å². The van der Waals surface area contributed by atoms with Crippen LogP contribution in [0.4, 0.5) is 10.3 Å². The van der Waals surface area contributed by atoms with Crippen LogP contribution in [0.1, 0.15) is 125 Å². The number of hydroxylamine groups is 4. The number of carbonyl (C=O) groups excluding carboxylic acids is 8. The second-order valence-electron chi connectivity index (χ2n) is 17.6. The maximum Gasteiger partial charge on any atom is 0.387 e. The van der Waals surface area contributed by atoms with Crippen LogP contribution in [0.2, 0.25) is 0 Å². The minimum absolute atomic E-state index is 0.0103. The molecule has 24 heteroatoms. The number of esters is 2. The van der Waals surface area contributed by atoms with E-state index in [1.165, 1.54) is 33.4 Å². The van der Waals surface area contributed by atoms with Crippen molar-refractivity contribution >= 4 is 91.9 Å². The maximum atomic E-state index is 12.6. The zero-order valence-corrected chi connectivity index (χ0v) is 39.5. The minimum atomic E-state index is -1.55. The van der Waals surface area contributed by atoms with E-state index in [1.807, 2.05) is 34.6 Å². The van der Waals surface area contributed by atoms with Crippen molar-refractivity contribution in [2.45, 2.75) is 132 Å². The third-order valence-corrected chi connectivity index (χ3v) is 10.1. The van der Waals surface area contributed by atoms with Crippen molar-refractivity contribution in [2.75, 3.05) is 18.6 Å². The lowest BCUT2D eigenvalue weighted by atomic mass is 9.69. The van der Waals surface area contributed by atoms with Gasteiger partial charge in [0.25, 0.3) is 23.6 Å². The molecule has 2 aliphatic heterocycles. The fourth-order valence-electron chi connectivity index (χ4n) is 4.13. The predicted molar refractivity (Wildman–Crippen MR) is 228 cm³/mol. The van der Waals surface area contributed by atoms with Crippen LogP contribution in [-0.4, -0.2) is 103 Å². The fourth-order valence-corrected chi connectivity index (χ4v) is 5.44. The van der Waals surface area contributed by atoms with Crippen molar-refractivity contribution < 1.29 is 67.2 Å². The van der Waals surface area contributed by atoms with Gasteiger partial charge in [0.1, 0.15) is 18.3 Å². The van der Waals surface area contributed by atoms with Crippen LogP contribution in [-0.2, 0) is 67.2 Å². The van der Waals surface area contributed by atoms with E-state index in [-0.39, 0.29) is 57.9 Å². The van der Waals surface area contributed by atoms with Gasteiger partial charge in [-0.2, -0.15) is 0 Å². The molecule has 0 aromatic carbocycles. The smallest absolute Gasteiger partial charge is 0.387 e. The molecule has 2 saturated heterocycles. The Morgan fingerprint density at radius 3 is 1.25 bits per heavy atom. The van der Waals surface area contributed by atoms with Gasteiger partial charge in [0.15, 0.2) is 10.3 Å². The van der Waals surface area contributed by atoms with Gasteiger partial charge in [0.05, 0.1) is 27.6 Å². The fraction of sp³-hybridized carbons (Fsp3) is 0.590. The molecule has 2 aromatic heterocycles. The number of hydrogen-bond donors (Lipinski definition) is 2. The second-order valence-corrected chi connectivity index (χ2v) is 19.7. The number of nitrogens with two attached hydrogens (primary N) is 2. The first-order valence-electron chi connectivity index (χ1n) is 19.1. The summed E-state index contributed by atoms with van der Waals surface area (Å²) in [7, 11) is 1.24. The van der Waals surface area contributed by atoms with E-state index in [2.05, 4.69) is 45.9 Å². The van der Waals surface area contributed by atoms with Gasteiger partial charge in [-0.25, -0.2) is 24.4 Å². The summed E-state index contributed by atoms with van der Waals surface area (Å²) in [6.07, 6.45) is 2.46. The number of carbonyl (C=O) groups is 8. The van der Waals surface area contributed by atoms with E-state index in [4.69, 9.17) is 35.5 Å². The Balaban J connectivity index is 0.000000349. The average Bonchev–Trinajstić information content (AvgIpc) is 3.92. The molecule has 2 aromatic rings. The van der Waals surface area contributed by atoms with Crippen molar-refractivity contribution in [3.05, 3.63) is 22.1 Å². The number of anilines is 2. The molecule has 2 fully saturated rings. The third kappa shape index (κ3) is 15.7. The number of nitrogens with zero attached hydrogens (tertiary/aromatic N) is 6. The molecule has 0 saturated carbocycles. The van der Waals surface area contributed by atoms with Gasteiger partial charge in [0, 0.05) is 25.7 Å². The van der Waals surface area contributed by atoms with E-state index in [1.54, 1.807) is 20.8 Å². The first kappa shape index (κ1) is 53.1. The van der Waals surface area contributed by atoms with E-state index in [9.17, 15) is 38.4 Å². The Kier molecular flexibility index (Phi) is 17.6. The molecule has 0 unspecified atom stereocenters. The number of aromatic nitrogens is 2. The number of amides is 4. The number of nitrogen functional groups attached to an aromatic ring is 2. The van der Waals surface area contributed by atoms with E-state index in [0.717, 1.165) is 22.7 Å². The maximum absolute atomic E-state index is 12.6. The molecule has 4 amide bonds. The quantitative estimate of drug-likeness (QED) is 0.138. The highest BCUT2D eigenvalue weighted by Gasteiger charge is 2.43. The van der Waals surface area contributed by atoms with Crippen molar-refractivity contribution in [2.24, 2.45) is 21.1 Å². The molecule has 0 radical (unpaired) electrons. The standard InChI is InChI=1S/C17H22N4O7S.C12H24O2.C10H10N4O5S/c1-16(2,3)26-14(25)17(4,5)28-20-12(9-8-19-15(18)29-9)13(24)27-21-10(22)6-7-11(21)23;1-10(2,3)12(7,8)9(13)14-11(4,5)6;1-18-13-8(5-4-12-10(11)20-5)9(17)19-14-6(15)2-3-7(14)16/h8H,6-7H2,1-5H3,(H2,18,19);1-8H3;4H,2-3H2,1H3,(H2,11,12)/b20-12-;;13-8-. The molecular weight excluding hydrogens is 869 g/mol. The number of rotatable bonds is 11. The van der Waals surface area contributed by atoms with Gasteiger partial charge < -0.3 is 40.3 Å². The van der Waals surface area contributed by atoms with Gasteiger partial charge >= 0.3 is 23.9 Å². The summed E-state index contributed by atoms with van der Waals surface area (Å²) in [4.78, 5) is 122. The highest BCUT2D eigenvalue weighted by Crippen LogP contribution is 2.39. The number of hydrogen-bond acceptors (Lipinski definition) is 22. The van der Waals surface area contributed by atoms with Crippen LogP contribution in [0.15, 0.2) is 22.7 Å². The summed E-state index contributed by atoms with van der Waals surface area (Å²) < 4.78 is 10.7. The highest BCUT2D eigenvalue weighted by molar-refractivity contribution is 7.18. The van der Waals surface area contributed by atoms with Crippen LogP contribution >= 0.6 is 22.7 Å². The van der Waals surface area contributed by atoms with Gasteiger partial charge in [-0.05, 0) is 74.7 Å². The Labute approximate surface area is 372 Å². The van der Waals surface area contributed by atoms with Crippen molar-refractivity contribution in [3.8, 4) is 0 Å². The third-order valence-electron chi connectivity index (χ3n) is 8.48. The van der Waals surface area contributed by atoms with Crippen LogP contribution in [0.3, 0.4) is 0 Å². The van der Waals surface area contributed by atoms with E-state index < -0.39 is 69.5 Å². The van der Waals surface area contributed by atoms with Crippen LogP contribution in [0.25, 0.3) is 0 Å². The number of oxime groups is 2. The van der Waals surface area contributed by atoms with E-state index in [0.29, 0.717) is 15.0 Å². The Hall–Kier alpha value is -6.04. The van der Waals surface area contributed by atoms with Gasteiger partial charge in [0.2, 0.25) is 17.0 Å². The lowest BCUT2D eigenvalue weighted by Crippen LogP contribution is -2.42. The van der Waals surface area contributed by atoms with E-state index >= 15 is 0 Å². The molecule has 0 bridgehead atoms. The summed E-state index contributed by atoms with van der Waals surface area (Å²) in [6.45, 7) is 23.6. The SMILES string of the molecule is CC(C)(C)OC(=O)C(C)(C)C(C)(C)C.CC(C)(C)OC(=O)C(C)(C)O/N=C(\C(=O)ON1C(=O)CCC1=O)c1cnc(N)s1.CO/N=C(\C(=O)ON1C(=O)CCC1=O)c1cnc(N)s1. The van der Waals surface area contributed by atoms with Crippen LogP contribution < -0.4 is 11.5 Å². The molecule has 348 valence electrons. The summed E-state index contributed by atoms with van der Waals surface area (Å²) in [5, 5.41) is 8.41. The lowest BCUT2D eigenvalue weighted by Gasteiger charge is -2.38. The summed E-state index contributed by atoms with van der Waals surface area (Å²) >= 11 is 1.89. The molecule has 22 nitrogen and oxygen atoms in total. The number of imide groups is 2. The molecule has 0 atom stereocenters. The molecule has 4 N–H and O–H groups in total. The zero-order valence-electron chi connectivity index (χ0n) is 37.9. The normalized spacial score (nSPS) is 15.2. The van der Waals surface area contributed by atoms with Crippen molar-refractivity contribution in [1.82, 2.24) is 20.1 Å². The Bertz CT molecular complexity index is 2090. The zero-order chi connectivity index (χ0) is 48.5. The molecule has 0 aliphatic carbocycles. The number of ether oxygens (including phenoxy) is 2. The van der Waals surface area contributed by atoms with Crippen molar-refractivity contribution in [1.29, 1.82) is 0 Å². The Morgan fingerprint density at radius 2 is 0.952 bits per heavy atom. The molecular formula is C39H56N8O14S2. The molecule has 0 spiro atoms. The number of thiazole rings is 2. The minimum Gasteiger partial charge on any atom is -0.460 e. The summed E-state index contributed by atoms with van der Waals surface area (Å²) in [6, 6.07) is 0. The topological polar surface area (TPSA) is 301 Å². The second kappa shape index (κ2) is 20.9. The average molecular weight is 925 g/mol. The molecule has 2 aliphatic rings. The molecule has 4 rings (SSSR count). The first-order valence-corrected chi connectivity index (χ1v) is 20.8. The van der Waals surface area contributed by atoms with Gasteiger partial charge in [-0.1, -0.05) is 53.8 Å². The Morgan fingerprint density at radius 1 is 0.603 bits per heavy atom. The van der Waals surface area contributed by atoms with Crippen LogP contribution in [0, 0.1) is 10.8 Å². The summed E-state index contributed by atoms with van der Waals surface area (Å²) in [5.74, 6) is -5.44.